The summed E-state index contributed by atoms with van der Waals surface area (Å²) in [6.07, 6.45) is 0. The summed E-state index contributed by atoms with van der Waals surface area (Å²) in [4.78, 5) is 30.4. The summed E-state index contributed by atoms with van der Waals surface area (Å²) in [5.74, 6) is -0.457. The Morgan fingerprint density at radius 1 is 0.914 bits per heavy atom. The molecule has 1 fully saturated rings. The van der Waals surface area contributed by atoms with Crippen molar-refractivity contribution in [3.63, 3.8) is 0 Å². The van der Waals surface area contributed by atoms with E-state index in [0.29, 0.717) is 54.1 Å². The number of carbonyl (C=O) groups is 2. The molecule has 8 heteroatoms. The molecule has 2 amide bonds. The number of amides is 2. The monoisotopic (exact) mass is 473 g/mol. The molecule has 0 unspecified atom stereocenters. The van der Waals surface area contributed by atoms with Crippen molar-refractivity contribution in [2.24, 2.45) is 0 Å². The zero-order chi connectivity index (χ0) is 24.4. The van der Waals surface area contributed by atoms with Crippen molar-refractivity contribution in [3.8, 4) is 5.75 Å². The Kier molecular flexibility index (Phi) is 6.10. The van der Waals surface area contributed by atoms with E-state index in [1.165, 1.54) is 19.2 Å². The fourth-order valence-corrected chi connectivity index (χ4v) is 4.30. The van der Waals surface area contributed by atoms with Gasteiger partial charge >= 0.3 is 0 Å². The molecule has 1 N–H and O–H groups in total. The van der Waals surface area contributed by atoms with Crippen molar-refractivity contribution < 1.29 is 23.1 Å². The van der Waals surface area contributed by atoms with Gasteiger partial charge in [-0.25, -0.2) is 4.39 Å². The van der Waals surface area contributed by atoms with Crippen LogP contribution in [0.3, 0.4) is 0 Å². The Bertz CT molecular complexity index is 1370. The third-order valence-electron chi connectivity index (χ3n) is 6.14. The molecule has 178 valence electrons. The molecule has 35 heavy (non-hydrogen) atoms. The normalized spacial score (nSPS) is 13.7. The molecule has 0 atom stereocenters. The average molecular weight is 474 g/mol. The molecule has 2 heterocycles. The van der Waals surface area contributed by atoms with Gasteiger partial charge in [-0.1, -0.05) is 24.3 Å². The van der Waals surface area contributed by atoms with Crippen LogP contribution in [0.1, 0.15) is 20.9 Å². The van der Waals surface area contributed by atoms with E-state index in [1.807, 2.05) is 12.1 Å². The van der Waals surface area contributed by atoms with Crippen LogP contribution in [-0.4, -0.2) is 50.0 Å². The molecule has 1 saturated heterocycles. The lowest BCUT2D eigenvalue weighted by Crippen LogP contribution is -2.48. The SMILES string of the molecule is COc1ccccc1C(=O)Nc1c(C(=O)N2CCN(c3ccc(F)cc3)CC2)oc2ccccc12. The highest BCUT2D eigenvalue weighted by Crippen LogP contribution is 2.33. The van der Waals surface area contributed by atoms with E-state index in [0.717, 1.165) is 5.69 Å². The van der Waals surface area contributed by atoms with Crippen LogP contribution in [0.4, 0.5) is 15.8 Å². The molecule has 1 aromatic heterocycles. The van der Waals surface area contributed by atoms with Gasteiger partial charge < -0.3 is 24.3 Å². The number of rotatable bonds is 5. The van der Waals surface area contributed by atoms with E-state index in [4.69, 9.17) is 9.15 Å². The van der Waals surface area contributed by atoms with Crippen molar-refractivity contribution in [1.29, 1.82) is 0 Å². The van der Waals surface area contributed by atoms with Gasteiger partial charge in [-0.2, -0.15) is 0 Å². The van der Waals surface area contributed by atoms with Crippen LogP contribution in [0.25, 0.3) is 11.0 Å². The predicted octanol–water partition coefficient (Wildman–Crippen LogP) is 4.80. The second kappa shape index (κ2) is 9.50. The maximum absolute atomic E-state index is 13.5. The number of nitrogens with one attached hydrogen (secondary N) is 1. The van der Waals surface area contributed by atoms with Crippen LogP contribution in [-0.2, 0) is 0 Å². The Balaban J connectivity index is 1.39. The number of ether oxygens (including phenoxy) is 1. The van der Waals surface area contributed by atoms with Crippen LogP contribution in [0.5, 0.6) is 5.75 Å². The number of piperazine rings is 1. The van der Waals surface area contributed by atoms with Crippen molar-refractivity contribution in [2.45, 2.75) is 0 Å². The lowest BCUT2D eigenvalue weighted by molar-refractivity contribution is 0.0718. The van der Waals surface area contributed by atoms with Crippen molar-refractivity contribution >= 4 is 34.2 Å². The number of hydrogen-bond donors (Lipinski definition) is 1. The van der Waals surface area contributed by atoms with E-state index in [9.17, 15) is 14.0 Å². The molecule has 0 spiro atoms. The summed E-state index contributed by atoms with van der Waals surface area (Å²) in [6, 6.07) is 20.4. The molecule has 0 aliphatic carbocycles. The molecule has 7 nitrogen and oxygen atoms in total. The lowest BCUT2D eigenvalue weighted by atomic mass is 10.1. The van der Waals surface area contributed by atoms with Gasteiger partial charge in [-0.05, 0) is 48.5 Å². The molecule has 5 rings (SSSR count). The summed E-state index contributed by atoms with van der Waals surface area (Å²) < 4.78 is 24.5. The van der Waals surface area contributed by atoms with E-state index in [2.05, 4.69) is 10.2 Å². The van der Waals surface area contributed by atoms with Gasteiger partial charge in [-0.3, -0.25) is 9.59 Å². The van der Waals surface area contributed by atoms with Crippen LogP contribution in [0.15, 0.2) is 77.2 Å². The van der Waals surface area contributed by atoms with Gasteiger partial charge in [0.25, 0.3) is 11.8 Å². The molecule has 4 aromatic rings. The van der Waals surface area contributed by atoms with E-state index >= 15 is 0 Å². The highest BCUT2D eigenvalue weighted by molar-refractivity contribution is 6.15. The summed E-state index contributed by atoms with van der Waals surface area (Å²) in [5, 5.41) is 3.52. The highest BCUT2D eigenvalue weighted by atomic mass is 19.1. The Morgan fingerprint density at radius 3 is 2.34 bits per heavy atom. The average Bonchev–Trinajstić information content (AvgIpc) is 3.27. The molecule has 3 aromatic carbocycles. The smallest absolute Gasteiger partial charge is 0.291 e. The first-order chi connectivity index (χ1) is 17.0. The Hall–Kier alpha value is -4.33. The molecular weight excluding hydrogens is 449 g/mol. The topological polar surface area (TPSA) is 75.0 Å². The molecule has 0 bridgehead atoms. The minimum atomic E-state index is -0.399. The molecule has 0 radical (unpaired) electrons. The van der Waals surface area contributed by atoms with Crippen molar-refractivity contribution in [2.75, 3.05) is 43.5 Å². The number of fused-ring (bicyclic) bond motifs is 1. The molecule has 0 saturated carbocycles. The first-order valence-electron chi connectivity index (χ1n) is 11.3. The second-order valence-electron chi connectivity index (χ2n) is 8.21. The Morgan fingerprint density at radius 2 is 1.60 bits per heavy atom. The number of nitrogens with zero attached hydrogens (tertiary/aromatic N) is 2. The van der Waals surface area contributed by atoms with Gasteiger partial charge in [-0.15, -0.1) is 0 Å². The zero-order valence-corrected chi connectivity index (χ0v) is 19.2. The van der Waals surface area contributed by atoms with Gasteiger partial charge in [0.05, 0.1) is 12.7 Å². The van der Waals surface area contributed by atoms with E-state index < -0.39 is 5.91 Å². The van der Waals surface area contributed by atoms with Gasteiger partial charge in [0.1, 0.15) is 22.8 Å². The number of para-hydroxylation sites is 2. The van der Waals surface area contributed by atoms with E-state index in [-0.39, 0.29) is 17.5 Å². The summed E-state index contributed by atoms with van der Waals surface area (Å²) in [7, 11) is 1.50. The van der Waals surface area contributed by atoms with Crippen LogP contribution < -0.4 is 15.0 Å². The van der Waals surface area contributed by atoms with Gasteiger partial charge in [0, 0.05) is 37.3 Å². The fraction of sp³-hybridized carbons (Fsp3) is 0.185. The first-order valence-corrected chi connectivity index (χ1v) is 11.3. The van der Waals surface area contributed by atoms with Crippen LogP contribution in [0.2, 0.25) is 0 Å². The standard InChI is InChI=1S/C27H24FN3O4/c1-34-22-8-4-3-7-21(22)26(32)29-24-20-6-2-5-9-23(20)35-25(24)27(33)31-16-14-30(15-17-31)19-12-10-18(28)11-13-19/h2-13H,14-17H2,1H3,(H,29,32). The molecule has 1 aliphatic rings. The van der Waals surface area contributed by atoms with Crippen LogP contribution in [0, 0.1) is 5.82 Å². The van der Waals surface area contributed by atoms with Crippen LogP contribution >= 0.6 is 0 Å². The number of methoxy groups -OCH3 is 1. The van der Waals surface area contributed by atoms with E-state index in [1.54, 1.807) is 53.4 Å². The number of benzene rings is 3. The van der Waals surface area contributed by atoms with Gasteiger partial charge in [0.15, 0.2) is 0 Å². The Labute approximate surface area is 201 Å². The number of anilines is 2. The maximum atomic E-state index is 13.5. The number of halogens is 1. The minimum Gasteiger partial charge on any atom is -0.496 e. The summed E-state index contributed by atoms with van der Waals surface area (Å²) in [5.41, 5.74) is 2.11. The van der Waals surface area contributed by atoms with Crippen molar-refractivity contribution in [1.82, 2.24) is 4.90 Å². The lowest BCUT2D eigenvalue weighted by Gasteiger charge is -2.35. The number of carbonyl (C=O) groups excluding carboxylic acids is 2. The second-order valence-corrected chi connectivity index (χ2v) is 8.21. The quantitative estimate of drug-likeness (QED) is 0.451. The largest absolute Gasteiger partial charge is 0.496 e. The third kappa shape index (κ3) is 4.42. The van der Waals surface area contributed by atoms with Gasteiger partial charge in [0.2, 0.25) is 5.76 Å². The fourth-order valence-electron chi connectivity index (χ4n) is 4.30. The predicted molar refractivity (Wildman–Crippen MR) is 132 cm³/mol. The maximum Gasteiger partial charge on any atom is 0.291 e. The molecule has 1 aliphatic heterocycles. The highest BCUT2D eigenvalue weighted by Gasteiger charge is 2.29. The number of hydrogen-bond acceptors (Lipinski definition) is 5. The third-order valence-corrected chi connectivity index (χ3v) is 6.14. The summed E-state index contributed by atoms with van der Waals surface area (Å²) in [6.45, 7) is 2.13. The minimum absolute atomic E-state index is 0.0877. The van der Waals surface area contributed by atoms with Crippen molar-refractivity contribution in [3.05, 3.63) is 89.9 Å². The number of furan rings is 1. The molecular formula is C27H24FN3O4. The zero-order valence-electron chi connectivity index (χ0n) is 19.2. The summed E-state index contributed by atoms with van der Waals surface area (Å²) >= 11 is 0. The first kappa shape index (κ1) is 22.5.